The number of amides is 1. The molecule has 0 bridgehead atoms. The second-order valence-electron chi connectivity index (χ2n) is 8.13. The third-order valence-corrected chi connectivity index (χ3v) is 5.52. The SMILES string of the molecule is CC(=O)C1CC(O)C(Oc2ccc(/C=C(\C)C(=O)NC3C(O)CCCC3O)cc2)O1.OCO. The van der Waals surface area contributed by atoms with Gasteiger partial charge in [0.2, 0.25) is 12.2 Å². The molecule has 1 heterocycles. The van der Waals surface area contributed by atoms with Crippen molar-refractivity contribution in [1.29, 1.82) is 0 Å². The van der Waals surface area contributed by atoms with Crippen molar-refractivity contribution in [2.75, 3.05) is 6.79 Å². The predicted molar refractivity (Wildman–Crippen MR) is 118 cm³/mol. The minimum atomic E-state index is -0.902. The van der Waals surface area contributed by atoms with E-state index in [0.717, 1.165) is 12.0 Å². The molecule has 2 aliphatic rings. The Bertz CT molecular complexity index is 801. The molecule has 1 aliphatic carbocycles. The highest BCUT2D eigenvalue weighted by Crippen LogP contribution is 2.25. The Kier molecular flexibility index (Phi) is 10.4. The first-order chi connectivity index (χ1) is 15.7. The van der Waals surface area contributed by atoms with Gasteiger partial charge < -0.3 is 40.3 Å². The lowest BCUT2D eigenvalue weighted by Gasteiger charge is -2.32. The van der Waals surface area contributed by atoms with E-state index < -0.39 is 43.5 Å². The summed E-state index contributed by atoms with van der Waals surface area (Å²) < 4.78 is 11.0. The quantitative estimate of drug-likeness (QED) is 0.246. The van der Waals surface area contributed by atoms with E-state index in [1.54, 1.807) is 37.3 Å². The van der Waals surface area contributed by atoms with Gasteiger partial charge in [0.15, 0.2) is 5.78 Å². The molecular formula is C23H33NO9. The largest absolute Gasteiger partial charge is 0.462 e. The first-order valence-corrected chi connectivity index (χ1v) is 10.8. The highest BCUT2D eigenvalue weighted by atomic mass is 16.7. The van der Waals surface area contributed by atoms with Gasteiger partial charge in [-0.15, -0.1) is 0 Å². The van der Waals surface area contributed by atoms with Crippen LogP contribution in [0.1, 0.15) is 45.1 Å². The van der Waals surface area contributed by atoms with E-state index in [2.05, 4.69) is 5.32 Å². The molecule has 2 fully saturated rings. The van der Waals surface area contributed by atoms with Gasteiger partial charge in [0.1, 0.15) is 24.8 Å². The number of ether oxygens (including phenoxy) is 2. The maximum atomic E-state index is 12.4. The van der Waals surface area contributed by atoms with E-state index in [-0.39, 0.29) is 18.1 Å². The predicted octanol–water partition coefficient (Wildman–Crippen LogP) is -0.147. The monoisotopic (exact) mass is 467 g/mol. The van der Waals surface area contributed by atoms with Crippen molar-refractivity contribution in [1.82, 2.24) is 5.32 Å². The molecule has 3 rings (SSSR count). The van der Waals surface area contributed by atoms with E-state index in [4.69, 9.17) is 19.7 Å². The number of rotatable bonds is 6. The number of Topliss-reactive ketones (excluding diaryl/α,β-unsaturated/α-hetero) is 1. The van der Waals surface area contributed by atoms with Crippen LogP contribution < -0.4 is 10.1 Å². The van der Waals surface area contributed by atoms with Gasteiger partial charge in [0.25, 0.3) is 0 Å². The topological polar surface area (TPSA) is 166 Å². The van der Waals surface area contributed by atoms with Gasteiger partial charge in [-0.3, -0.25) is 9.59 Å². The minimum absolute atomic E-state index is 0.150. The summed E-state index contributed by atoms with van der Waals surface area (Å²) in [6.45, 7) is 2.32. The van der Waals surface area contributed by atoms with Gasteiger partial charge in [-0.05, 0) is 56.9 Å². The molecule has 5 atom stereocenters. The molecule has 1 amide bonds. The van der Waals surface area contributed by atoms with E-state index in [1.807, 2.05) is 0 Å². The molecule has 1 aromatic carbocycles. The van der Waals surface area contributed by atoms with Crippen LogP contribution in [0.2, 0.25) is 0 Å². The zero-order chi connectivity index (χ0) is 24.5. The fourth-order valence-electron chi connectivity index (χ4n) is 3.71. The number of hydrogen-bond acceptors (Lipinski definition) is 9. The van der Waals surface area contributed by atoms with Crippen LogP contribution in [0, 0.1) is 0 Å². The van der Waals surface area contributed by atoms with E-state index in [0.29, 0.717) is 24.2 Å². The summed E-state index contributed by atoms with van der Waals surface area (Å²) >= 11 is 0. The van der Waals surface area contributed by atoms with E-state index >= 15 is 0 Å². The Balaban J connectivity index is 0.00000122. The average molecular weight is 468 g/mol. The number of carbonyl (C=O) groups is 2. The number of ketones is 1. The van der Waals surface area contributed by atoms with Crippen LogP contribution in [0.5, 0.6) is 5.75 Å². The Hall–Kier alpha value is -2.34. The Morgan fingerprint density at radius 2 is 1.64 bits per heavy atom. The highest BCUT2D eigenvalue weighted by molar-refractivity contribution is 5.97. The first-order valence-electron chi connectivity index (χ1n) is 10.8. The van der Waals surface area contributed by atoms with E-state index in [9.17, 15) is 24.9 Å². The fourth-order valence-corrected chi connectivity index (χ4v) is 3.71. The number of aliphatic hydroxyl groups is 5. The van der Waals surface area contributed by atoms with Crippen LogP contribution in [-0.4, -0.2) is 80.8 Å². The first kappa shape index (κ1) is 26.9. The maximum absolute atomic E-state index is 12.4. The number of nitrogens with one attached hydrogen (secondary N) is 1. The normalized spacial score (nSPS) is 29.6. The molecule has 10 nitrogen and oxygen atoms in total. The third kappa shape index (κ3) is 7.88. The van der Waals surface area contributed by atoms with Crippen molar-refractivity contribution in [2.24, 2.45) is 0 Å². The maximum Gasteiger partial charge on any atom is 0.247 e. The fraction of sp³-hybridized carbons (Fsp3) is 0.565. The molecule has 1 aromatic rings. The molecule has 6 N–H and O–H groups in total. The number of benzene rings is 1. The standard InChI is InChI=1S/C22H29NO7.CH4O2/c1-12(21(28)23-20-16(25)4-3-5-17(20)26)10-14-6-8-15(9-7-14)29-22-18(27)11-19(30-22)13(2)24;2-1-3/h6-10,16-20,22,25-27H,3-5,11H2,1-2H3,(H,23,28);2-3H,1H2/b12-10+;. The molecule has 5 unspecified atom stereocenters. The third-order valence-electron chi connectivity index (χ3n) is 5.52. The zero-order valence-electron chi connectivity index (χ0n) is 18.8. The lowest BCUT2D eigenvalue weighted by molar-refractivity contribution is -0.140. The molecule has 1 saturated heterocycles. The Labute approximate surface area is 192 Å². The van der Waals surface area contributed by atoms with Crippen LogP contribution in [0.15, 0.2) is 29.8 Å². The average Bonchev–Trinajstić information content (AvgIpc) is 3.13. The molecule has 0 spiro atoms. The van der Waals surface area contributed by atoms with Crippen molar-refractivity contribution in [3.8, 4) is 5.75 Å². The molecule has 184 valence electrons. The summed E-state index contributed by atoms with van der Waals surface area (Å²) in [4.78, 5) is 23.8. The van der Waals surface area contributed by atoms with Gasteiger partial charge in [-0.2, -0.15) is 0 Å². The van der Waals surface area contributed by atoms with Crippen LogP contribution in [-0.2, 0) is 14.3 Å². The Morgan fingerprint density at radius 3 is 2.15 bits per heavy atom. The van der Waals surface area contributed by atoms with Gasteiger partial charge in [0.05, 0.1) is 18.2 Å². The lowest BCUT2D eigenvalue weighted by atomic mass is 9.89. The summed E-state index contributed by atoms with van der Waals surface area (Å²) in [6.07, 6.45) is -0.207. The minimum Gasteiger partial charge on any atom is -0.462 e. The molecule has 10 heteroatoms. The number of hydrogen-bond donors (Lipinski definition) is 6. The van der Waals surface area contributed by atoms with Gasteiger partial charge >= 0.3 is 0 Å². The van der Waals surface area contributed by atoms with Crippen molar-refractivity contribution >= 4 is 17.8 Å². The zero-order valence-corrected chi connectivity index (χ0v) is 18.8. The summed E-state index contributed by atoms with van der Waals surface area (Å²) in [7, 11) is 0. The summed E-state index contributed by atoms with van der Waals surface area (Å²) in [5.74, 6) is -0.0308. The second kappa shape index (κ2) is 12.8. The summed E-state index contributed by atoms with van der Waals surface area (Å²) in [5.41, 5.74) is 1.20. The number of aliphatic hydroxyl groups excluding tert-OH is 4. The van der Waals surface area contributed by atoms with Crippen LogP contribution in [0.3, 0.4) is 0 Å². The van der Waals surface area contributed by atoms with Crippen LogP contribution >= 0.6 is 0 Å². The molecule has 33 heavy (non-hydrogen) atoms. The van der Waals surface area contributed by atoms with Gasteiger partial charge in [-0.1, -0.05) is 12.1 Å². The molecule has 1 aliphatic heterocycles. The van der Waals surface area contributed by atoms with Crippen molar-refractivity contribution in [2.45, 2.75) is 76.3 Å². The van der Waals surface area contributed by atoms with Crippen molar-refractivity contribution in [3.05, 3.63) is 35.4 Å². The van der Waals surface area contributed by atoms with Crippen LogP contribution in [0.4, 0.5) is 0 Å². The van der Waals surface area contributed by atoms with Gasteiger partial charge in [-0.25, -0.2) is 0 Å². The summed E-state index contributed by atoms with van der Waals surface area (Å²) in [6, 6.07) is 6.20. The second-order valence-corrected chi connectivity index (χ2v) is 8.13. The molecular weight excluding hydrogens is 434 g/mol. The molecule has 0 aromatic heterocycles. The lowest BCUT2D eigenvalue weighted by Crippen LogP contribution is -2.53. The number of carbonyl (C=O) groups excluding carboxylic acids is 2. The van der Waals surface area contributed by atoms with E-state index in [1.165, 1.54) is 6.92 Å². The summed E-state index contributed by atoms with van der Waals surface area (Å²) in [5, 5.41) is 47.0. The van der Waals surface area contributed by atoms with Crippen molar-refractivity contribution < 1.29 is 44.6 Å². The highest BCUT2D eigenvalue weighted by Gasteiger charge is 2.38. The van der Waals surface area contributed by atoms with Gasteiger partial charge in [0, 0.05) is 12.0 Å². The Morgan fingerprint density at radius 1 is 1.06 bits per heavy atom. The molecule has 1 saturated carbocycles. The molecule has 0 radical (unpaired) electrons. The van der Waals surface area contributed by atoms with Crippen molar-refractivity contribution in [3.63, 3.8) is 0 Å². The van der Waals surface area contributed by atoms with Crippen LogP contribution in [0.25, 0.3) is 6.08 Å². The smallest absolute Gasteiger partial charge is 0.247 e.